The third kappa shape index (κ3) is 3.45. The Labute approximate surface area is 184 Å². The molecule has 0 amide bonds. The normalized spacial score (nSPS) is 13.4. The first kappa shape index (κ1) is 18.6. The summed E-state index contributed by atoms with van der Waals surface area (Å²) < 4.78 is 5.40. The highest BCUT2D eigenvalue weighted by Crippen LogP contribution is 2.32. The van der Waals surface area contributed by atoms with E-state index in [4.69, 9.17) is 9.72 Å². The van der Waals surface area contributed by atoms with Gasteiger partial charge in [-0.15, -0.1) is 0 Å². The second-order valence-electron chi connectivity index (χ2n) is 7.86. The average molecular weight is 423 g/mol. The number of fused-ring (bicyclic) bond motifs is 2. The summed E-state index contributed by atoms with van der Waals surface area (Å²) in [5.74, 6) is 2.09. The van der Waals surface area contributed by atoms with Crippen molar-refractivity contribution >= 4 is 39.5 Å². The van der Waals surface area contributed by atoms with E-state index >= 15 is 0 Å². The van der Waals surface area contributed by atoms with E-state index < -0.39 is 0 Å². The predicted molar refractivity (Wildman–Crippen MR) is 125 cm³/mol. The van der Waals surface area contributed by atoms with Crippen LogP contribution in [-0.2, 0) is 0 Å². The van der Waals surface area contributed by atoms with Crippen LogP contribution in [0.25, 0.3) is 33.2 Å². The second-order valence-corrected chi connectivity index (χ2v) is 7.86. The molecule has 0 unspecified atom stereocenters. The Morgan fingerprint density at radius 3 is 2.84 bits per heavy atom. The zero-order chi connectivity index (χ0) is 21.5. The van der Waals surface area contributed by atoms with E-state index in [0.717, 1.165) is 57.6 Å². The molecule has 5 aromatic rings. The lowest BCUT2D eigenvalue weighted by Gasteiger charge is -2.11. The molecule has 8 heteroatoms. The SMILES string of the molecule is COc1cccc(-c2ccnc3ccc(Nc4nc(NC5CC5)c5[nH]cnc5n4)cc23)c1. The van der Waals surface area contributed by atoms with E-state index in [1.54, 1.807) is 13.4 Å². The molecule has 6 rings (SSSR count). The molecule has 0 spiro atoms. The largest absolute Gasteiger partial charge is 0.497 e. The zero-order valence-corrected chi connectivity index (χ0v) is 17.5. The fraction of sp³-hybridized carbons (Fsp3) is 0.167. The minimum Gasteiger partial charge on any atom is -0.497 e. The zero-order valence-electron chi connectivity index (χ0n) is 17.5. The van der Waals surface area contributed by atoms with Gasteiger partial charge in [0, 0.05) is 23.3 Å². The van der Waals surface area contributed by atoms with Crippen molar-refractivity contribution < 1.29 is 4.74 Å². The Kier molecular flexibility index (Phi) is 4.34. The maximum absolute atomic E-state index is 5.40. The summed E-state index contributed by atoms with van der Waals surface area (Å²) in [6.45, 7) is 0. The van der Waals surface area contributed by atoms with Gasteiger partial charge in [-0.1, -0.05) is 12.1 Å². The van der Waals surface area contributed by atoms with Crippen LogP contribution in [0.15, 0.2) is 61.1 Å². The molecule has 1 aliphatic rings. The van der Waals surface area contributed by atoms with Crippen molar-refractivity contribution in [1.82, 2.24) is 24.9 Å². The third-order valence-electron chi connectivity index (χ3n) is 5.58. The number of anilines is 3. The Bertz CT molecular complexity index is 1440. The Balaban J connectivity index is 1.40. The van der Waals surface area contributed by atoms with Crippen LogP contribution in [0, 0.1) is 0 Å². The minimum atomic E-state index is 0.474. The summed E-state index contributed by atoms with van der Waals surface area (Å²) in [6, 6.07) is 16.6. The first-order chi connectivity index (χ1) is 15.8. The number of methoxy groups -OCH3 is 1. The number of pyridine rings is 1. The van der Waals surface area contributed by atoms with Crippen LogP contribution in [0.3, 0.4) is 0 Å². The van der Waals surface area contributed by atoms with Gasteiger partial charge in [0.05, 0.1) is 19.0 Å². The van der Waals surface area contributed by atoms with E-state index in [9.17, 15) is 0 Å². The number of nitrogens with one attached hydrogen (secondary N) is 3. The van der Waals surface area contributed by atoms with Crippen LogP contribution in [-0.4, -0.2) is 38.1 Å². The van der Waals surface area contributed by atoms with Gasteiger partial charge in [0.25, 0.3) is 0 Å². The molecule has 8 nitrogen and oxygen atoms in total. The molecule has 0 saturated heterocycles. The van der Waals surface area contributed by atoms with Crippen molar-refractivity contribution in [2.24, 2.45) is 0 Å². The van der Waals surface area contributed by atoms with Gasteiger partial charge >= 0.3 is 0 Å². The number of ether oxygens (including phenoxy) is 1. The molecule has 1 saturated carbocycles. The molecule has 32 heavy (non-hydrogen) atoms. The first-order valence-corrected chi connectivity index (χ1v) is 10.5. The number of rotatable bonds is 6. The van der Waals surface area contributed by atoms with Gasteiger partial charge in [0.15, 0.2) is 11.5 Å². The quantitative estimate of drug-likeness (QED) is 0.357. The monoisotopic (exact) mass is 423 g/mol. The van der Waals surface area contributed by atoms with Crippen LogP contribution >= 0.6 is 0 Å². The molecule has 1 fully saturated rings. The maximum Gasteiger partial charge on any atom is 0.231 e. The molecule has 2 aromatic carbocycles. The molecular formula is C24H21N7O. The van der Waals surface area contributed by atoms with E-state index in [1.807, 2.05) is 42.6 Å². The molecule has 0 radical (unpaired) electrons. The van der Waals surface area contributed by atoms with Crippen LogP contribution in [0.5, 0.6) is 5.75 Å². The minimum absolute atomic E-state index is 0.474. The molecule has 0 aliphatic heterocycles. The highest BCUT2D eigenvalue weighted by atomic mass is 16.5. The molecule has 158 valence electrons. The molecule has 0 bridgehead atoms. The van der Waals surface area contributed by atoms with E-state index in [-0.39, 0.29) is 0 Å². The van der Waals surface area contributed by atoms with Gasteiger partial charge in [-0.2, -0.15) is 9.97 Å². The van der Waals surface area contributed by atoms with Crippen molar-refractivity contribution in [1.29, 1.82) is 0 Å². The summed E-state index contributed by atoms with van der Waals surface area (Å²) in [5.41, 5.74) is 5.39. The Hall–Kier alpha value is -4.20. The van der Waals surface area contributed by atoms with E-state index in [1.165, 1.54) is 0 Å². The number of hydrogen-bond acceptors (Lipinski definition) is 7. The van der Waals surface area contributed by atoms with Crippen LogP contribution in [0.2, 0.25) is 0 Å². The fourth-order valence-electron chi connectivity index (χ4n) is 3.81. The number of H-pyrrole nitrogens is 1. The first-order valence-electron chi connectivity index (χ1n) is 10.5. The van der Waals surface area contributed by atoms with E-state index in [0.29, 0.717) is 17.6 Å². The highest BCUT2D eigenvalue weighted by Gasteiger charge is 2.23. The number of nitrogens with zero attached hydrogens (tertiary/aromatic N) is 4. The lowest BCUT2D eigenvalue weighted by atomic mass is 10.0. The fourth-order valence-corrected chi connectivity index (χ4v) is 3.81. The third-order valence-corrected chi connectivity index (χ3v) is 5.58. The molecule has 3 heterocycles. The van der Waals surface area contributed by atoms with Crippen molar-refractivity contribution in [2.45, 2.75) is 18.9 Å². The lowest BCUT2D eigenvalue weighted by Crippen LogP contribution is -2.07. The van der Waals surface area contributed by atoms with Crippen molar-refractivity contribution in [3.8, 4) is 16.9 Å². The van der Waals surface area contributed by atoms with Crippen molar-refractivity contribution in [2.75, 3.05) is 17.7 Å². The maximum atomic E-state index is 5.40. The topological polar surface area (TPSA) is 101 Å². The average Bonchev–Trinajstić information content (AvgIpc) is 3.51. The summed E-state index contributed by atoms with van der Waals surface area (Å²) in [6.07, 6.45) is 5.79. The van der Waals surface area contributed by atoms with Gasteiger partial charge in [-0.3, -0.25) is 4.98 Å². The van der Waals surface area contributed by atoms with Gasteiger partial charge in [-0.25, -0.2) is 4.98 Å². The van der Waals surface area contributed by atoms with Gasteiger partial charge < -0.3 is 20.4 Å². The summed E-state index contributed by atoms with van der Waals surface area (Å²) >= 11 is 0. The van der Waals surface area contributed by atoms with Crippen LogP contribution in [0.1, 0.15) is 12.8 Å². The Morgan fingerprint density at radius 1 is 1.03 bits per heavy atom. The van der Waals surface area contributed by atoms with Crippen molar-refractivity contribution in [3.05, 3.63) is 61.1 Å². The highest BCUT2D eigenvalue weighted by molar-refractivity contribution is 5.96. The summed E-state index contributed by atoms with van der Waals surface area (Å²) in [5, 5.41) is 7.83. The standard InChI is InChI=1S/C24H21N7O/c1-32-17-4-2-3-14(11-17)18-9-10-25-20-8-7-16(12-19(18)20)29-24-30-22-21(26-13-27-22)23(31-24)28-15-5-6-15/h2-4,7-13,15H,5-6H2,1H3,(H3,26,27,28,29,30,31). The second kappa shape index (κ2) is 7.49. The lowest BCUT2D eigenvalue weighted by molar-refractivity contribution is 0.415. The predicted octanol–water partition coefficient (Wildman–Crippen LogP) is 4.89. The van der Waals surface area contributed by atoms with Gasteiger partial charge in [0.2, 0.25) is 5.95 Å². The molecule has 0 atom stereocenters. The summed E-state index contributed by atoms with van der Waals surface area (Å²) in [4.78, 5) is 21.2. The summed E-state index contributed by atoms with van der Waals surface area (Å²) in [7, 11) is 1.67. The number of benzene rings is 2. The van der Waals surface area contributed by atoms with Gasteiger partial charge in [-0.05, 0) is 60.4 Å². The van der Waals surface area contributed by atoms with Crippen molar-refractivity contribution in [3.63, 3.8) is 0 Å². The number of imidazole rings is 1. The smallest absolute Gasteiger partial charge is 0.231 e. The molecule has 3 aromatic heterocycles. The van der Waals surface area contributed by atoms with Crippen LogP contribution in [0.4, 0.5) is 17.5 Å². The van der Waals surface area contributed by atoms with Gasteiger partial charge in [0.1, 0.15) is 11.3 Å². The van der Waals surface area contributed by atoms with Crippen LogP contribution < -0.4 is 15.4 Å². The molecule has 3 N–H and O–H groups in total. The Morgan fingerprint density at radius 2 is 1.97 bits per heavy atom. The number of aromatic nitrogens is 5. The number of aromatic amines is 1. The number of hydrogen-bond donors (Lipinski definition) is 3. The van der Waals surface area contributed by atoms with E-state index in [2.05, 4.69) is 42.7 Å². The molecular weight excluding hydrogens is 402 g/mol. The molecule has 1 aliphatic carbocycles.